The maximum atomic E-state index is 12.2. The topological polar surface area (TPSA) is 80.5 Å². The molecule has 1 rings (SSSR count). The number of nitrogens with one attached hydrogen (secondary N) is 2. The second-order valence-corrected chi connectivity index (χ2v) is 10.3. The van der Waals surface area contributed by atoms with Crippen molar-refractivity contribution in [2.45, 2.75) is 129 Å². The zero-order valence-corrected chi connectivity index (χ0v) is 26.4. The van der Waals surface area contributed by atoms with Crippen molar-refractivity contribution in [1.29, 1.82) is 0 Å². The van der Waals surface area contributed by atoms with Crippen LogP contribution in [0.2, 0.25) is 0 Å². The van der Waals surface area contributed by atoms with E-state index >= 15 is 0 Å². The molecule has 0 aliphatic rings. The number of halogens is 1. The molecule has 0 spiro atoms. The van der Waals surface area contributed by atoms with Gasteiger partial charge in [0.15, 0.2) is 18.9 Å². The highest BCUT2D eigenvalue weighted by molar-refractivity contribution is 5.75. The Morgan fingerprint density at radius 3 is 1.79 bits per heavy atom. The fourth-order valence-electron chi connectivity index (χ4n) is 4.44. The molecule has 0 saturated carbocycles. The van der Waals surface area contributed by atoms with Crippen LogP contribution in [0.4, 0.5) is 4.79 Å². The Bertz CT molecular complexity index is 694. The molecule has 1 atom stereocenters. The lowest BCUT2D eigenvalue weighted by Crippen LogP contribution is -3.00. The molecule has 1 aromatic heterocycles. The third-order valence-corrected chi connectivity index (χ3v) is 6.83. The summed E-state index contributed by atoms with van der Waals surface area (Å²) < 4.78 is 13.1. The average molecular weight is 615 g/mol. The van der Waals surface area contributed by atoms with Crippen molar-refractivity contribution in [3.8, 4) is 0 Å². The number of aryl methyl sites for hydroxylation is 1. The van der Waals surface area contributed by atoms with Gasteiger partial charge in [-0.2, -0.15) is 0 Å². The number of carbonyl (C=O) groups is 2. The summed E-state index contributed by atoms with van der Waals surface area (Å²) in [6.07, 6.45) is 24.6. The molecular weight excluding hydrogens is 558 g/mol. The van der Waals surface area contributed by atoms with Gasteiger partial charge in [-0.1, -0.05) is 109 Å². The summed E-state index contributed by atoms with van der Waals surface area (Å²) in [5.41, 5.74) is 0. The fourth-order valence-corrected chi connectivity index (χ4v) is 4.44. The number of aromatic nitrogens is 1. The van der Waals surface area contributed by atoms with E-state index < -0.39 is 12.2 Å². The molecule has 0 unspecified atom stereocenters. The number of carbonyl (C=O) groups excluding carboxylic acids is 2. The average Bonchev–Trinajstić information content (AvgIpc) is 2.94. The maximum Gasteiger partial charge on any atom is 0.407 e. The Morgan fingerprint density at radius 2 is 1.28 bits per heavy atom. The van der Waals surface area contributed by atoms with Gasteiger partial charge in [0, 0.05) is 25.8 Å². The minimum absolute atomic E-state index is 0. The highest BCUT2D eigenvalue weighted by atomic mass is 79.9. The van der Waals surface area contributed by atoms with Gasteiger partial charge in [0.05, 0.1) is 19.6 Å². The van der Waals surface area contributed by atoms with Crippen LogP contribution in [0.25, 0.3) is 0 Å². The smallest absolute Gasteiger partial charge is 0.407 e. The molecule has 1 aromatic rings. The Kier molecular flexibility index (Phi) is 26.7. The van der Waals surface area contributed by atoms with Crippen LogP contribution >= 0.6 is 0 Å². The van der Waals surface area contributed by atoms with Crippen molar-refractivity contribution in [2.24, 2.45) is 0 Å². The van der Waals surface area contributed by atoms with Crippen LogP contribution in [-0.4, -0.2) is 44.9 Å². The highest BCUT2D eigenvalue weighted by Gasteiger charge is 2.16. The van der Waals surface area contributed by atoms with Crippen LogP contribution in [0.5, 0.6) is 0 Å². The predicted octanol–water partition coefficient (Wildman–Crippen LogP) is 3.49. The maximum absolute atomic E-state index is 12.2. The molecule has 0 aliphatic carbocycles. The first-order chi connectivity index (χ1) is 18.7. The second-order valence-electron chi connectivity index (χ2n) is 10.3. The Morgan fingerprint density at radius 1 is 0.769 bits per heavy atom. The second kappa shape index (κ2) is 27.9. The molecule has 1 heterocycles. The van der Waals surface area contributed by atoms with Gasteiger partial charge in [-0.05, 0) is 6.42 Å². The van der Waals surface area contributed by atoms with Gasteiger partial charge in [0.2, 0.25) is 5.91 Å². The molecule has 2 amide bonds. The van der Waals surface area contributed by atoms with Crippen LogP contribution in [-0.2, 0) is 20.8 Å². The van der Waals surface area contributed by atoms with Gasteiger partial charge in [0.1, 0.15) is 6.10 Å². The minimum Gasteiger partial charge on any atom is -1.00 e. The molecule has 0 saturated heterocycles. The lowest BCUT2D eigenvalue weighted by molar-refractivity contribution is -0.695. The van der Waals surface area contributed by atoms with Crippen molar-refractivity contribution in [2.75, 3.05) is 26.8 Å². The van der Waals surface area contributed by atoms with Gasteiger partial charge in [-0.3, -0.25) is 4.79 Å². The van der Waals surface area contributed by atoms with E-state index in [-0.39, 0.29) is 36.0 Å². The van der Waals surface area contributed by atoms with Crippen molar-refractivity contribution >= 4 is 12.0 Å². The third-order valence-electron chi connectivity index (χ3n) is 6.83. The third kappa shape index (κ3) is 23.9. The Labute approximate surface area is 249 Å². The minimum atomic E-state index is -0.518. The van der Waals surface area contributed by atoms with E-state index in [1.54, 1.807) is 0 Å². The van der Waals surface area contributed by atoms with Crippen molar-refractivity contribution in [1.82, 2.24) is 10.6 Å². The monoisotopic (exact) mass is 613 g/mol. The largest absolute Gasteiger partial charge is 1.00 e. The molecule has 2 N–H and O–H groups in total. The van der Waals surface area contributed by atoms with Gasteiger partial charge < -0.3 is 37.1 Å². The molecule has 8 heteroatoms. The first-order valence-electron chi connectivity index (χ1n) is 15.3. The number of alkyl carbamates (subject to hydrolysis) is 1. The zero-order valence-electron chi connectivity index (χ0n) is 24.8. The van der Waals surface area contributed by atoms with Gasteiger partial charge in [-0.25, -0.2) is 9.36 Å². The molecule has 0 aromatic carbocycles. The molecule has 0 radical (unpaired) electrons. The summed E-state index contributed by atoms with van der Waals surface area (Å²) in [6, 6.07) is 5.81. The van der Waals surface area contributed by atoms with E-state index in [2.05, 4.69) is 17.6 Å². The van der Waals surface area contributed by atoms with E-state index in [0.29, 0.717) is 19.6 Å². The van der Waals surface area contributed by atoms with Gasteiger partial charge >= 0.3 is 6.09 Å². The number of amides is 2. The molecule has 0 aliphatic heterocycles. The summed E-state index contributed by atoms with van der Waals surface area (Å²) in [5, 5.41) is 5.31. The van der Waals surface area contributed by atoms with E-state index in [1.165, 1.54) is 96.9 Å². The van der Waals surface area contributed by atoms with Crippen LogP contribution in [0.3, 0.4) is 0 Å². The summed E-state index contributed by atoms with van der Waals surface area (Å²) in [6.45, 7) is 4.04. The summed E-state index contributed by atoms with van der Waals surface area (Å²) >= 11 is 0. The van der Waals surface area contributed by atoms with Gasteiger partial charge in [0.25, 0.3) is 0 Å². The highest BCUT2D eigenvalue weighted by Crippen LogP contribution is 2.13. The number of pyridine rings is 1. The van der Waals surface area contributed by atoms with Crippen molar-refractivity contribution in [3.05, 3.63) is 30.6 Å². The van der Waals surface area contributed by atoms with Crippen LogP contribution in [0.15, 0.2) is 30.6 Å². The molecule has 39 heavy (non-hydrogen) atoms. The normalized spacial score (nSPS) is 11.4. The SMILES string of the molecule is CCCCCCCCCCCCCCCCCCOC[C@H](CNC(=O)CC[n+]1ccccc1)OC(=O)NC.[Br-]. The molecule has 226 valence electrons. The van der Waals surface area contributed by atoms with E-state index in [1.807, 2.05) is 35.2 Å². The lowest BCUT2D eigenvalue weighted by Gasteiger charge is -2.18. The lowest BCUT2D eigenvalue weighted by atomic mass is 10.0. The number of ether oxygens (including phenoxy) is 2. The number of hydrogen-bond acceptors (Lipinski definition) is 4. The summed E-state index contributed by atoms with van der Waals surface area (Å²) in [5.74, 6) is -0.0790. The van der Waals surface area contributed by atoms with Crippen LogP contribution in [0.1, 0.15) is 116 Å². The van der Waals surface area contributed by atoms with E-state index in [9.17, 15) is 9.59 Å². The molecule has 7 nitrogen and oxygen atoms in total. The number of nitrogens with zero attached hydrogens (tertiary/aromatic N) is 1. The summed E-state index contributed by atoms with van der Waals surface area (Å²) in [4.78, 5) is 23.9. The number of hydrogen-bond donors (Lipinski definition) is 2. The van der Waals surface area contributed by atoms with Crippen LogP contribution in [0, 0.1) is 0 Å². The van der Waals surface area contributed by atoms with Crippen molar-refractivity contribution in [3.63, 3.8) is 0 Å². The number of rotatable bonds is 25. The van der Waals surface area contributed by atoms with E-state index in [4.69, 9.17) is 9.47 Å². The molecule has 0 bridgehead atoms. The summed E-state index contributed by atoms with van der Waals surface area (Å²) in [7, 11) is 1.52. The van der Waals surface area contributed by atoms with Gasteiger partial charge in [-0.15, -0.1) is 0 Å². The fraction of sp³-hybridized carbons (Fsp3) is 0.774. The quantitative estimate of drug-likeness (QED) is 0.131. The standard InChI is InChI=1S/C31H55N3O4.BrH/c1-3-4-5-6-7-8-9-10-11-12-13-14-15-16-17-21-26-37-28-29(38-31(36)32-2)27-33-30(35)22-25-34-23-19-18-20-24-34;/h18-20,23-24,29H,3-17,21-22,25-28H2,1-2H3,(H-,32,33,35,36);1H/t29-;/m0./s1. The first-order valence-corrected chi connectivity index (χ1v) is 15.3. The van der Waals surface area contributed by atoms with Crippen LogP contribution < -0.4 is 32.2 Å². The Balaban J connectivity index is 0.0000144. The molecular formula is C31H56BrN3O4. The predicted molar refractivity (Wildman–Crippen MR) is 154 cm³/mol. The zero-order chi connectivity index (χ0) is 27.5. The molecule has 0 fully saturated rings. The van der Waals surface area contributed by atoms with Crippen molar-refractivity contribution < 1.29 is 40.6 Å². The Hall–Kier alpha value is -1.67. The number of unbranched alkanes of at least 4 members (excludes halogenated alkanes) is 15. The van der Waals surface area contributed by atoms with E-state index in [0.717, 1.165) is 12.8 Å². The first kappa shape index (κ1) is 37.3.